The molecule has 0 saturated heterocycles. The predicted octanol–water partition coefficient (Wildman–Crippen LogP) is 17.9. The van der Waals surface area contributed by atoms with Gasteiger partial charge in [-0.25, -0.2) is 0 Å². The first kappa shape index (κ1) is 36.6. The van der Waals surface area contributed by atoms with E-state index in [1.54, 1.807) is 0 Å². The number of fused-ring (bicyclic) bond motifs is 13. The van der Waals surface area contributed by atoms with Crippen LogP contribution in [-0.2, 0) is 0 Å². The molecule has 0 unspecified atom stereocenters. The Labute approximate surface area is 381 Å². The molecule has 12 aromatic carbocycles. The number of hydrogen-bond acceptors (Lipinski definition) is 4. The Kier molecular flexibility index (Phi) is 7.95. The Hall–Kier alpha value is -8.86. The maximum absolute atomic E-state index is 6.79. The first-order valence-electron chi connectivity index (χ1n) is 22.5. The van der Waals surface area contributed by atoms with E-state index < -0.39 is 0 Å². The van der Waals surface area contributed by atoms with Gasteiger partial charge in [0.05, 0.1) is 22.7 Å². The summed E-state index contributed by atoms with van der Waals surface area (Å²) in [5, 5.41) is 12.1. The van der Waals surface area contributed by atoms with Crippen LogP contribution in [0.4, 0.5) is 34.1 Å². The second kappa shape index (κ2) is 14.3. The van der Waals surface area contributed by atoms with E-state index in [4.69, 9.17) is 9.47 Å². The summed E-state index contributed by atoms with van der Waals surface area (Å²) >= 11 is 0. The first-order valence-corrected chi connectivity index (χ1v) is 22.5. The third-order valence-corrected chi connectivity index (χ3v) is 13.6. The van der Waals surface area contributed by atoms with Gasteiger partial charge >= 0.3 is 0 Å². The van der Waals surface area contributed by atoms with Gasteiger partial charge in [0.2, 0.25) is 0 Å². The molecule has 66 heavy (non-hydrogen) atoms. The van der Waals surface area contributed by atoms with Crippen molar-refractivity contribution in [3.05, 3.63) is 231 Å². The van der Waals surface area contributed by atoms with Crippen LogP contribution in [0.1, 0.15) is 0 Å². The zero-order valence-corrected chi connectivity index (χ0v) is 35.7. The minimum atomic E-state index is 0.793. The van der Waals surface area contributed by atoms with Crippen molar-refractivity contribution in [2.75, 3.05) is 9.80 Å². The molecule has 4 heteroatoms. The maximum Gasteiger partial charge on any atom is 0.159 e. The van der Waals surface area contributed by atoms with E-state index in [0.717, 1.165) is 79.0 Å². The highest BCUT2D eigenvalue weighted by atomic mass is 16.5. The molecule has 0 fully saturated rings. The zero-order valence-electron chi connectivity index (χ0n) is 35.7. The molecule has 2 heterocycles. The summed E-state index contributed by atoms with van der Waals surface area (Å²) in [5.74, 6) is 3.27. The monoisotopic (exact) mass is 842 g/mol. The SMILES string of the molecule is c1ccc(N2c3cc(-c4ccc5c(c4)Oc4ccccc4N5c4ccc5c6ccc(-c7cccc8ccccc78)cc6c6ccccc6c5c4)ccc3Oc3c2ccc2ccccc32)cc1. The molecule has 4 nitrogen and oxygen atoms in total. The fraction of sp³-hybridized carbons (Fsp3) is 0. The number of para-hydroxylation sites is 3. The molecule has 12 aromatic rings. The number of benzene rings is 12. The number of hydrogen-bond donors (Lipinski definition) is 0. The van der Waals surface area contributed by atoms with E-state index in [1.165, 1.54) is 54.2 Å². The minimum absolute atomic E-state index is 0.793. The van der Waals surface area contributed by atoms with Crippen LogP contribution in [0.15, 0.2) is 231 Å². The predicted molar refractivity (Wildman–Crippen MR) is 274 cm³/mol. The lowest BCUT2D eigenvalue weighted by molar-refractivity contribution is 0.477. The van der Waals surface area contributed by atoms with E-state index in [9.17, 15) is 0 Å². The summed E-state index contributed by atoms with van der Waals surface area (Å²) in [6, 6.07) is 82.7. The molecule has 2 aliphatic rings. The van der Waals surface area contributed by atoms with Crippen LogP contribution in [0.3, 0.4) is 0 Å². The Bertz CT molecular complexity index is 3950. The van der Waals surface area contributed by atoms with E-state index in [2.05, 4.69) is 234 Å². The molecule has 0 saturated carbocycles. The van der Waals surface area contributed by atoms with E-state index in [1.807, 2.05) is 6.07 Å². The number of ether oxygens (including phenoxy) is 2. The van der Waals surface area contributed by atoms with Crippen molar-refractivity contribution in [1.29, 1.82) is 0 Å². The Balaban J connectivity index is 0.887. The van der Waals surface area contributed by atoms with Gasteiger partial charge in [-0.15, -0.1) is 0 Å². The molecular weight excluding hydrogens is 805 g/mol. The van der Waals surface area contributed by atoms with Gasteiger partial charge in [0.25, 0.3) is 0 Å². The van der Waals surface area contributed by atoms with Crippen LogP contribution >= 0.6 is 0 Å². The van der Waals surface area contributed by atoms with Gasteiger partial charge in [0, 0.05) is 16.8 Å². The lowest BCUT2D eigenvalue weighted by atomic mass is 9.90. The second-order valence-electron chi connectivity index (χ2n) is 17.2. The highest BCUT2D eigenvalue weighted by Gasteiger charge is 2.30. The Morgan fingerprint density at radius 3 is 1.68 bits per heavy atom. The number of anilines is 6. The van der Waals surface area contributed by atoms with Gasteiger partial charge in [-0.1, -0.05) is 158 Å². The summed E-state index contributed by atoms with van der Waals surface area (Å²) in [6.45, 7) is 0. The van der Waals surface area contributed by atoms with Gasteiger partial charge < -0.3 is 19.3 Å². The van der Waals surface area contributed by atoms with Crippen molar-refractivity contribution >= 4 is 88.0 Å². The summed E-state index contributed by atoms with van der Waals surface area (Å²) in [7, 11) is 0. The summed E-state index contributed by atoms with van der Waals surface area (Å²) < 4.78 is 13.6. The topological polar surface area (TPSA) is 24.9 Å². The van der Waals surface area contributed by atoms with Gasteiger partial charge in [0.15, 0.2) is 23.0 Å². The molecule has 2 aliphatic heterocycles. The first-order chi connectivity index (χ1) is 32.7. The number of rotatable bonds is 4. The minimum Gasteiger partial charge on any atom is -0.453 e. The van der Waals surface area contributed by atoms with Crippen molar-refractivity contribution in [1.82, 2.24) is 0 Å². The quantitative estimate of drug-likeness (QED) is 0.165. The molecule has 0 bridgehead atoms. The highest BCUT2D eigenvalue weighted by molar-refractivity contribution is 6.26. The third-order valence-electron chi connectivity index (χ3n) is 13.6. The van der Waals surface area contributed by atoms with Crippen LogP contribution in [0.2, 0.25) is 0 Å². The zero-order chi connectivity index (χ0) is 43.3. The molecule has 0 atom stereocenters. The Morgan fingerprint density at radius 1 is 0.258 bits per heavy atom. The molecule has 308 valence electrons. The van der Waals surface area contributed by atoms with Crippen LogP contribution in [0.5, 0.6) is 23.0 Å². The van der Waals surface area contributed by atoms with Crippen molar-refractivity contribution in [2.45, 2.75) is 0 Å². The van der Waals surface area contributed by atoms with Gasteiger partial charge in [-0.3, -0.25) is 0 Å². The molecule has 14 rings (SSSR count). The molecule has 0 spiro atoms. The molecule has 0 amide bonds. The smallest absolute Gasteiger partial charge is 0.159 e. The molecule has 0 N–H and O–H groups in total. The van der Waals surface area contributed by atoms with Crippen molar-refractivity contribution in [3.8, 4) is 45.3 Å². The average Bonchev–Trinajstić information content (AvgIpc) is 3.39. The normalized spacial score (nSPS) is 12.7. The van der Waals surface area contributed by atoms with Gasteiger partial charge in [-0.2, -0.15) is 0 Å². The van der Waals surface area contributed by atoms with Gasteiger partial charge in [0.1, 0.15) is 0 Å². The standard InChI is InChI=1S/C62H38N2O2/c1-2-16-44(17-3-1)63-57-33-26-40-14-5-7-19-48(40)62(57)66-60-34-28-41(36-58(60)63)42-27-32-56-61(37-42)65-59-24-11-10-23-55(59)64(56)45-29-31-52-51-30-25-43(47-22-12-15-39-13-4-6-18-46(39)47)35-53(51)49-20-8-9-21-50(49)54(52)38-45/h1-38H. The van der Waals surface area contributed by atoms with Crippen LogP contribution < -0.4 is 19.3 Å². The molecule has 0 aromatic heterocycles. The van der Waals surface area contributed by atoms with Crippen LogP contribution in [-0.4, -0.2) is 0 Å². The average molecular weight is 843 g/mol. The number of nitrogens with zero attached hydrogens (tertiary/aromatic N) is 2. The van der Waals surface area contributed by atoms with Crippen LogP contribution in [0, 0.1) is 0 Å². The van der Waals surface area contributed by atoms with E-state index >= 15 is 0 Å². The summed E-state index contributed by atoms with van der Waals surface area (Å²) in [6.07, 6.45) is 0. The molecule has 0 aliphatic carbocycles. The summed E-state index contributed by atoms with van der Waals surface area (Å²) in [4.78, 5) is 4.66. The summed E-state index contributed by atoms with van der Waals surface area (Å²) in [5.41, 5.74) is 10.7. The Morgan fingerprint density at radius 2 is 0.833 bits per heavy atom. The van der Waals surface area contributed by atoms with Crippen molar-refractivity contribution < 1.29 is 9.47 Å². The largest absolute Gasteiger partial charge is 0.453 e. The van der Waals surface area contributed by atoms with Crippen LogP contribution in [0.25, 0.3) is 76.1 Å². The van der Waals surface area contributed by atoms with E-state index in [-0.39, 0.29) is 0 Å². The second-order valence-corrected chi connectivity index (χ2v) is 17.2. The highest BCUT2D eigenvalue weighted by Crippen LogP contribution is 2.55. The lowest BCUT2D eigenvalue weighted by Crippen LogP contribution is -2.16. The maximum atomic E-state index is 6.79. The van der Waals surface area contributed by atoms with Gasteiger partial charge in [-0.05, 0) is 144 Å². The molecular formula is C62H38N2O2. The fourth-order valence-corrected chi connectivity index (χ4v) is 10.5. The van der Waals surface area contributed by atoms with Crippen molar-refractivity contribution in [2.24, 2.45) is 0 Å². The lowest BCUT2D eigenvalue weighted by Gasteiger charge is -2.34. The van der Waals surface area contributed by atoms with E-state index in [0.29, 0.717) is 0 Å². The fourth-order valence-electron chi connectivity index (χ4n) is 10.5. The van der Waals surface area contributed by atoms with Crippen molar-refractivity contribution in [3.63, 3.8) is 0 Å². The third kappa shape index (κ3) is 5.58. The molecule has 0 radical (unpaired) electrons.